The summed E-state index contributed by atoms with van der Waals surface area (Å²) in [6, 6.07) is 10.0. The average molecular weight is 232 g/mol. The molecule has 0 aliphatic carbocycles. The number of piperidine rings is 1. The van der Waals surface area contributed by atoms with Crippen LogP contribution >= 0.6 is 0 Å². The van der Waals surface area contributed by atoms with Crippen molar-refractivity contribution in [2.45, 2.75) is 51.7 Å². The molecule has 2 rings (SSSR count). The van der Waals surface area contributed by atoms with Gasteiger partial charge in [0.1, 0.15) is 0 Å². The first-order chi connectivity index (χ1) is 8.20. The third kappa shape index (κ3) is 3.08. The average Bonchev–Trinajstić information content (AvgIpc) is 2.32. The number of aryl methyl sites for hydroxylation is 1. The van der Waals surface area contributed by atoms with Gasteiger partial charge in [-0.1, -0.05) is 36.2 Å². The van der Waals surface area contributed by atoms with Crippen LogP contribution in [0.1, 0.15) is 37.3 Å². The molecule has 2 unspecified atom stereocenters. The van der Waals surface area contributed by atoms with E-state index >= 15 is 0 Å². The summed E-state index contributed by atoms with van der Waals surface area (Å²) in [7, 11) is 0. The van der Waals surface area contributed by atoms with Gasteiger partial charge in [0.25, 0.3) is 0 Å². The topological polar surface area (TPSA) is 29.3 Å². The van der Waals surface area contributed by atoms with Crippen molar-refractivity contribution < 1.29 is 0 Å². The minimum Gasteiger partial charge on any atom is -0.329 e. The highest BCUT2D eigenvalue weighted by molar-refractivity contribution is 5.22. The predicted octanol–water partition coefficient (Wildman–Crippen LogP) is 2.70. The van der Waals surface area contributed by atoms with Crippen molar-refractivity contribution >= 4 is 0 Å². The van der Waals surface area contributed by atoms with Crippen molar-refractivity contribution in [3.05, 3.63) is 35.4 Å². The van der Waals surface area contributed by atoms with E-state index in [9.17, 15) is 0 Å². The summed E-state index contributed by atoms with van der Waals surface area (Å²) in [5, 5.41) is 0. The van der Waals surface area contributed by atoms with Crippen molar-refractivity contribution in [2.75, 3.05) is 6.54 Å². The zero-order valence-electron chi connectivity index (χ0n) is 11.0. The second-order valence-corrected chi connectivity index (χ2v) is 5.33. The third-order valence-corrected chi connectivity index (χ3v) is 3.91. The van der Waals surface area contributed by atoms with Crippen molar-refractivity contribution in [1.29, 1.82) is 0 Å². The lowest BCUT2D eigenvalue weighted by Crippen LogP contribution is -2.48. The number of nitrogens with zero attached hydrogens (tertiary/aromatic N) is 1. The van der Waals surface area contributed by atoms with Gasteiger partial charge in [-0.25, -0.2) is 0 Å². The van der Waals surface area contributed by atoms with Gasteiger partial charge in [0.15, 0.2) is 0 Å². The number of hydrogen-bond donors (Lipinski definition) is 1. The molecule has 0 radical (unpaired) electrons. The molecule has 1 aromatic rings. The number of nitrogens with two attached hydrogens (primary N) is 1. The molecule has 94 valence electrons. The predicted molar refractivity (Wildman–Crippen MR) is 72.9 cm³/mol. The summed E-state index contributed by atoms with van der Waals surface area (Å²) in [5.74, 6) is 0. The van der Waals surface area contributed by atoms with Crippen LogP contribution in [-0.4, -0.2) is 23.5 Å². The fourth-order valence-corrected chi connectivity index (χ4v) is 2.90. The van der Waals surface area contributed by atoms with Crippen LogP contribution in [0.4, 0.5) is 0 Å². The molecule has 0 amide bonds. The van der Waals surface area contributed by atoms with Gasteiger partial charge in [0.05, 0.1) is 0 Å². The van der Waals surface area contributed by atoms with Gasteiger partial charge in [-0.3, -0.25) is 4.90 Å². The van der Waals surface area contributed by atoms with E-state index in [1.165, 1.54) is 30.4 Å². The van der Waals surface area contributed by atoms with E-state index in [1.807, 2.05) is 0 Å². The molecule has 1 fully saturated rings. The Morgan fingerprint density at radius 1 is 1.35 bits per heavy atom. The van der Waals surface area contributed by atoms with Gasteiger partial charge in [-0.05, 0) is 32.3 Å². The largest absolute Gasteiger partial charge is 0.329 e. The molecule has 0 bridgehead atoms. The molecule has 17 heavy (non-hydrogen) atoms. The van der Waals surface area contributed by atoms with Crippen LogP contribution in [0.2, 0.25) is 0 Å². The van der Waals surface area contributed by atoms with Crippen molar-refractivity contribution in [1.82, 2.24) is 4.90 Å². The van der Waals surface area contributed by atoms with Crippen molar-refractivity contribution in [3.63, 3.8) is 0 Å². The maximum atomic E-state index is 5.90. The van der Waals surface area contributed by atoms with Gasteiger partial charge >= 0.3 is 0 Å². The summed E-state index contributed by atoms with van der Waals surface area (Å²) in [6.45, 7) is 6.32. The van der Waals surface area contributed by atoms with E-state index in [1.54, 1.807) is 0 Å². The van der Waals surface area contributed by atoms with E-state index in [4.69, 9.17) is 5.73 Å². The molecule has 2 N–H and O–H groups in total. The Morgan fingerprint density at radius 3 is 2.88 bits per heavy atom. The van der Waals surface area contributed by atoms with Gasteiger partial charge in [-0.2, -0.15) is 0 Å². The fourth-order valence-electron chi connectivity index (χ4n) is 2.90. The van der Waals surface area contributed by atoms with Crippen molar-refractivity contribution in [3.8, 4) is 0 Å². The molecule has 0 spiro atoms. The molecule has 1 heterocycles. The quantitative estimate of drug-likeness (QED) is 0.868. The summed E-state index contributed by atoms with van der Waals surface area (Å²) in [4.78, 5) is 2.58. The summed E-state index contributed by atoms with van der Waals surface area (Å²) in [6.07, 6.45) is 3.89. The monoisotopic (exact) mass is 232 g/mol. The first-order valence-corrected chi connectivity index (χ1v) is 6.72. The smallest absolute Gasteiger partial charge is 0.0240 e. The van der Waals surface area contributed by atoms with E-state index in [0.717, 1.165) is 13.1 Å². The molecule has 1 aliphatic rings. The number of likely N-dealkylation sites (tertiary alicyclic amines) is 1. The maximum Gasteiger partial charge on any atom is 0.0240 e. The number of hydrogen-bond acceptors (Lipinski definition) is 2. The van der Waals surface area contributed by atoms with Crippen LogP contribution in [0.5, 0.6) is 0 Å². The highest BCUT2D eigenvalue weighted by atomic mass is 15.2. The molecule has 2 heteroatoms. The van der Waals surface area contributed by atoms with Gasteiger partial charge in [0, 0.05) is 25.2 Å². The molecule has 0 saturated carbocycles. The lowest BCUT2D eigenvalue weighted by Gasteiger charge is -2.40. The highest BCUT2D eigenvalue weighted by Gasteiger charge is 2.26. The normalized spacial score (nSPS) is 26.1. The van der Waals surface area contributed by atoms with Gasteiger partial charge in [-0.15, -0.1) is 0 Å². The minimum absolute atomic E-state index is 0.569. The Labute approximate surface area is 105 Å². The summed E-state index contributed by atoms with van der Waals surface area (Å²) < 4.78 is 0. The zero-order valence-corrected chi connectivity index (χ0v) is 11.0. The molecule has 1 saturated heterocycles. The molecule has 0 aromatic heterocycles. The van der Waals surface area contributed by atoms with Crippen LogP contribution in [-0.2, 0) is 6.54 Å². The first-order valence-electron chi connectivity index (χ1n) is 6.72. The van der Waals surface area contributed by atoms with E-state index in [0.29, 0.717) is 12.1 Å². The van der Waals surface area contributed by atoms with E-state index < -0.39 is 0 Å². The lowest BCUT2D eigenvalue weighted by atomic mass is 9.95. The molecule has 2 nitrogen and oxygen atoms in total. The Hall–Kier alpha value is -0.860. The second kappa shape index (κ2) is 5.65. The minimum atomic E-state index is 0.569. The molecular weight excluding hydrogens is 208 g/mol. The SMILES string of the molecule is Cc1cccc(CN2C(C)CCCC2CN)c1. The highest BCUT2D eigenvalue weighted by Crippen LogP contribution is 2.24. The van der Waals surface area contributed by atoms with E-state index in [2.05, 4.69) is 43.0 Å². The zero-order chi connectivity index (χ0) is 12.3. The fraction of sp³-hybridized carbons (Fsp3) is 0.600. The van der Waals surface area contributed by atoms with Gasteiger partial charge < -0.3 is 5.73 Å². The van der Waals surface area contributed by atoms with Gasteiger partial charge in [0.2, 0.25) is 0 Å². The molecule has 2 atom stereocenters. The van der Waals surface area contributed by atoms with Crippen LogP contribution in [0.25, 0.3) is 0 Å². The Kier molecular flexibility index (Phi) is 4.19. The number of rotatable bonds is 3. The molecule has 1 aliphatic heterocycles. The molecule has 1 aromatic carbocycles. The second-order valence-electron chi connectivity index (χ2n) is 5.33. The molecular formula is C15H24N2. The number of benzene rings is 1. The van der Waals surface area contributed by atoms with Crippen LogP contribution in [0.15, 0.2) is 24.3 Å². The summed E-state index contributed by atoms with van der Waals surface area (Å²) >= 11 is 0. The Bertz CT molecular complexity index is 362. The summed E-state index contributed by atoms with van der Waals surface area (Å²) in [5.41, 5.74) is 8.66. The Balaban J connectivity index is 2.09. The van der Waals surface area contributed by atoms with Crippen LogP contribution in [0.3, 0.4) is 0 Å². The third-order valence-electron chi connectivity index (χ3n) is 3.91. The standard InChI is InChI=1S/C15H24N2/c1-12-5-3-7-14(9-12)11-17-13(2)6-4-8-15(17)10-16/h3,5,7,9,13,15H,4,6,8,10-11,16H2,1-2H3. The van der Waals surface area contributed by atoms with E-state index in [-0.39, 0.29) is 0 Å². The van der Waals surface area contributed by atoms with Crippen LogP contribution < -0.4 is 5.73 Å². The van der Waals surface area contributed by atoms with Crippen molar-refractivity contribution in [2.24, 2.45) is 5.73 Å². The maximum absolute atomic E-state index is 5.90. The van der Waals surface area contributed by atoms with Crippen LogP contribution in [0, 0.1) is 6.92 Å². The lowest BCUT2D eigenvalue weighted by molar-refractivity contribution is 0.0892. The first kappa shape index (κ1) is 12.6. The Morgan fingerprint density at radius 2 is 2.18 bits per heavy atom.